The highest BCUT2D eigenvalue weighted by molar-refractivity contribution is 6.31. The van der Waals surface area contributed by atoms with Crippen LogP contribution in [0.4, 0.5) is 8.78 Å². The van der Waals surface area contributed by atoms with Gasteiger partial charge in [0.2, 0.25) is 0 Å². The molecule has 1 N–H and O–H groups in total. The van der Waals surface area contributed by atoms with Crippen LogP contribution >= 0.6 is 11.6 Å². The Morgan fingerprint density at radius 2 is 2.00 bits per heavy atom. The monoisotopic (exact) mass is 217 g/mol. The Kier molecular flexibility index (Phi) is 2.70. The zero-order valence-electron chi connectivity index (χ0n) is 7.49. The van der Waals surface area contributed by atoms with E-state index in [0.717, 1.165) is 31.5 Å². The van der Waals surface area contributed by atoms with Crippen molar-refractivity contribution in [2.45, 2.75) is 18.9 Å². The molecule has 1 saturated heterocycles. The molecule has 76 valence electrons. The highest BCUT2D eigenvalue weighted by Crippen LogP contribution is 2.32. The van der Waals surface area contributed by atoms with Crippen LogP contribution in [0.2, 0.25) is 5.02 Å². The van der Waals surface area contributed by atoms with Crippen LogP contribution in [0.5, 0.6) is 0 Å². The molecule has 0 amide bonds. The van der Waals surface area contributed by atoms with E-state index in [1.807, 2.05) is 0 Å². The van der Waals surface area contributed by atoms with Gasteiger partial charge in [0.25, 0.3) is 0 Å². The van der Waals surface area contributed by atoms with E-state index in [2.05, 4.69) is 5.32 Å². The van der Waals surface area contributed by atoms with Crippen molar-refractivity contribution in [1.82, 2.24) is 5.32 Å². The Morgan fingerprint density at radius 1 is 1.29 bits per heavy atom. The van der Waals surface area contributed by atoms with Crippen LogP contribution in [0.1, 0.15) is 24.4 Å². The summed E-state index contributed by atoms with van der Waals surface area (Å²) in [4.78, 5) is 0. The summed E-state index contributed by atoms with van der Waals surface area (Å²) < 4.78 is 26.5. The van der Waals surface area contributed by atoms with Gasteiger partial charge in [-0.1, -0.05) is 11.6 Å². The topological polar surface area (TPSA) is 12.0 Å². The predicted molar refractivity (Wildman–Crippen MR) is 51.3 cm³/mol. The number of hydrogen-bond donors (Lipinski definition) is 1. The van der Waals surface area contributed by atoms with E-state index in [0.29, 0.717) is 0 Å². The molecule has 0 radical (unpaired) electrons. The van der Waals surface area contributed by atoms with Crippen LogP contribution in [0.3, 0.4) is 0 Å². The Labute approximate surface area is 86.1 Å². The number of hydrogen-bond acceptors (Lipinski definition) is 1. The molecule has 1 aromatic carbocycles. The third kappa shape index (κ3) is 1.62. The predicted octanol–water partition coefficient (Wildman–Crippen LogP) is 3.04. The van der Waals surface area contributed by atoms with E-state index in [-0.39, 0.29) is 16.6 Å². The molecule has 0 aliphatic carbocycles. The van der Waals surface area contributed by atoms with Crippen LogP contribution in [0.25, 0.3) is 0 Å². The summed E-state index contributed by atoms with van der Waals surface area (Å²) in [6.07, 6.45) is 1.77. The van der Waals surface area contributed by atoms with Gasteiger partial charge in [-0.05, 0) is 31.5 Å². The summed E-state index contributed by atoms with van der Waals surface area (Å²) >= 11 is 5.72. The van der Waals surface area contributed by atoms with Crippen molar-refractivity contribution in [1.29, 1.82) is 0 Å². The lowest BCUT2D eigenvalue weighted by Gasteiger charge is -2.13. The third-order valence-electron chi connectivity index (χ3n) is 2.49. The third-order valence-corrected chi connectivity index (χ3v) is 2.87. The molecular weight excluding hydrogens is 208 g/mol. The van der Waals surface area contributed by atoms with E-state index >= 15 is 0 Å². The molecular formula is C10H10ClF2N. The number of rotatable bonds is 1. The quantitative estimate of drug-likeness (QED) is 0.713. The fourth-order valence-corrected chi connectivity index (χ4v) is 2.08. The minimum Gasteiger partial charge on any atom is -0.310 e. The molecule has 4 heteroatoms. The molecule has 1 aromatic rings. The summed E-state index contributed by atoms with van der Waals surface area (Å²) in [5.74, 6) is -0.993. The van der Waals surface area contributed by atoms with Crippen LogP contribution in [-0.2, 0) is 0 Å². The van der Waals surface area contributed by atoms with Gasteiger partial charge < -0.3 is 5.32 Å². The van der Waals surface area contributed by atoms with Crippen molar-refractivity contribution in [2.75, 3.05) is 6.54 Å². The second kappa shape index (κ2) is 3.83. The highest BCUT2D eigenvalue weighted by atomic mass is 35.5. The van der Waals surface area contributed by atoms with E-state index in [4.69, 9.17) is 11.6 Å². The molecule has 0 saturated carbocycles. The molecule has 1 heterocycles. The van der Waals surface area contributed by atoms with Gasteiger partial charge in [0.05, 0.1) is 5.02 Å². The molecule has 0 unspecified atom stereocenters. The summed E-state index contributed by atoms with van der Waals surface area (Å²) in [5, 5.41) is 3.00. The summed E-state index contributed by atoms with van der Waals surface area (Å²) in [5.41, 5.74) is 0.268. The number of benzene rings is 1. The van der Waals surface area contributed by atoms with Gasteiger partial charge in [-0.2, -0.15) is 0 Å². The van der Waals surface area contributed by atoms with Crippen molar-refractivity contribution < 1.29 is 8.78 Å². The Morgan fingerprint density at radius 3 is 2.64 bits per heavy atom. The molecule has 1 nitrogen and oxygen atoms in total. The smallest absolute Gasteiger partial charge is 0.142 e. The van der Waals surface area contributed by atoms with E-state index in [1.54, 1.807) is 0 Å². The molecule has 0 aromatic heterocycles. The second-order valence-corrected chi connectivity index (χ2v) is 3.78. The van der Waals surface area contributed by atoms with Gasteiger partial charge >= 0.3 is 0 Å². The van der Waals surface area contributed by atoms with Gasteiger partial charge in [-0.3, -0.25) is 0 Å². The van der Waals surface area contributed by atoms with Crippen molar-refractivity contribution in [3.8, 4) is 0 Å². The Balaban J connectivity index is 2.44. The van der Waals surface area contributed by atoms with Crippen LogP contribution in [0, 0.1) is 11.6 Å². The van der Waals surface area contributed by atoms with E-state index in [1.165, 1.54) is 0 Å². The summed E-state index contributed by atoms with van der Waals surface area (Å²) in [7, 11) is 0. The largest absolute Gasteiger partial charge is 0.310 e. The van der Waals surface area contributed by atoms with Gasteiger partial charge in [0, 0.05) is 11.6 Å². The van der Waals surface area contributed by atoms with Gasteiger partial charge in [0.15, 0.2) is 0 Å². The average molecular weight is 218 g/mol. The minimum atomic E-state index is -0.559. The first kappa shape index (κ1) is 9.87. The molecule has 0 spiro atoms. The highest BCUT2D eigenvalue weighted by Gasteiger charge is 2.23. The van der Waals surface area contributed by atoms with Crippen molar-refractivity contribution in [2.24, 2.45) is 0 Å². The maximum Gasteiger partial charge on any atom is 0.142 e. The van der Waals surface area contributed by atoms with Crippen LogP contribution in [0.15, 0.2) is 12.1 Å². The normalized spacial score (nSPS) is 21.5. The van der Waals surface area contributed by atoms with Crippen LogP contribution in [-0.4, -0.2) is 6.54 Å². The molecule has 2 rings (SSSR count). The van der Waals surface area contributed by atoms with Gasteiger partial charge in [-0.15, -0.1) is 0 Å². The second-order valence-electron chi connectivity index (χ2n) is 3.41. The molecule has 1 aliphatic rings. The lowest BCUT2D eigenvalue weighted by Crippen LogP contribution is -2.15. The lowest BCUT2D eigenvalue weighted by molar-refractivity contribution is 0.544. The van der Waals surface area contributed by atoms with E-state index in [9.17, 15) is 8.78 Å². The minimum absolute atomic E-state index is 0.0931. The average Bonchev–Trinajstić information content (AvgIpc) is 2.65. The molecule has 1 atom stereocenters. The van der Waals surface area contributed by atoms with Crippen molar-refractivity contribution >= 4 is 11.6 Å². The number of halogens is 3. The molecule has 1 fully saturated rings. The zero-order valence-corrected chi connectivity index (χ0v) is 8.24. The summed E-state index contributed by atoms with van der Waals surface area (Å²) in [6, 6.07) is 2.03. The first-order valence-electron chi connectivity index (χ1n) is 4.57. The van der Waals surface area contributed by atoms with Crippen molar-refractivity contribution in [3.05, 3.63) is 34.4 Å². The SMILES string of the molecule is Fc1ccc(F)c([C@H]2CCCN2)c1Cl. The van der Waals surface area contributed by atoms with Gasteiger partial charge in [0.1, 0.15) is 11.6 Å². The Bertz CT molecular complexity index is 348. The summed E-state index contributed by atoms with van der Waals surface area (Å²) in [6.45, 7) is 0.830. The Hall–Kier alpha value is -0.670. The van der Waals surface area contributed by atoms with Gasteiger partial charge in [-0.25, -0.2) is 8.78 Å². The molecule has 0 bridgehead atoms. The zero-order chi connectivity index (χ0) is 10.1. The first-order chi connectivity index (χ1) is 6.70. The maximum absolute atomic E-state index is 13.4. The first-order valence-corrected chi connectivity index (χ1v) is 4.94. The van der Waals surface area contributed by atoms with Crippen molar-refractivity contribution in [3.63, 3.8) is 0 Å². The van der Waals surface area contributed by atoms with Crippen LogP contribution < -0.4 is 5.32 Å². The fourth-order valence-electron chi connectivity index (χ4n) is 1.79. The maximum atomic E-state index is 13.4. The van der Waals surface area contributed by atoms with E-state index < -0.39 is 11.6 Å². The standard InChI is InChI=1S/C10H10ClF2N/c11-10-7(13)4-3-6(12)9(10)8-2-1-5-14-8/h3-4,8,14H,1-2,5H2/t8-/m1/s1. The fraction of sp³-hybridized carbons (Fsp3) is 0.400. The lowest BCUT2D eigenvalue weighted by atomic mass is 10.0. The molecule has 1 aliphatic heterocycles. The molecule has 14 heavy (non-hydrogen) atoms. The number of nitrogens with one attached hydrogen (secondary N) is 1.